The lowest BCUT2D eigenvalue weighted by Crippen LogP contribution is -2.34. The number of carbonyl (C=O) groups excluding carboxylic acids is 1. The van der Waals surface area contributed by atoms with Gasteiger partial charge in [-0.1, -0.05) is 46.4 Å². The molecule has 0 fully saturated rings. The fourth-order valence-corrected chi connectivity index (χ4v) is 0.167. The Morgan fingerprint density at radius 2 is 1.56 bits per heavy atom. The third-order valence-corrected chi connectivity index (χ3v) is 2.54. The molecular weight excluding hydrogens is 206 g/mol. The molecule has 0 aliphatic carbocycles. The van der Waals surface area contributed by atoms with Gasteiger partial charge in [0.15, 0.2) is 4.33 Å². The summed E-state index contributed by atoms with van der Waals surface area (Å²) in [7, 11) is 0. The van der Waals surface area contributed by atoms with Gasteiger partial charge in [-0.3, -0.25) is 4.79 Å². The van der Waals surface area contributed by atoms with E-state index in [4.69, 9.17) is 46.4 Å². The third-order valence-electron chi connectivity index (χ3n) is 0.680. The molecule has 53 valence electrons. The van der Waals surface area contributed by atoms with Crippen molar-refractivity contribution >= 4 is 52.7 Å². The maximum Gasteiger partial charge on any atom is 0.240 e. The van der Waals surface area contributed by atoms with Gasteiger partial charge in [0.2, 0.25) is 10.6 Å². The molecule has 0 aromatic rings. The van der Waals surface area contributed by atoms with Crippen LogP contribution in [0.15, 0.2) is 0 Å². The third kappa shape index (κ3) is 2.50. The standard InChI is InChI=1S/C4H3Cl4O/c1-3(5,6)4(7,8)2-9/h1H3. The van der Waals surface area contributed by atoms with Gasteiger partial charge >= 0.3 is 0 Å². The lowest BCUT2D eigenvalue weighted by molar-refractivity contribution is 0.544. The van der Waals surface area contributed by atoms with E-state index in [1.165, 1.54) is 13.2 Å². The van der Waals surface area contributed by atoms with Gasteiger partial charge in [-0.2, -0.15) is 0 Å². The Kier molecular flexibility index (Phi) is 3.09. The van der Waals surface area contributed by atoms with E-state index >= 15 is 0 Å². The average molecular weight is 209 g/mol. The highest BCUT2D eigenvalue weighted by molar-refractivity contribution is 6.67. The Hall–Kier alpha value is 0.830. The Morgan fingerprint density at radius 3 is 1.56 bits per heavy atom. The predicted octanol–water partition coefficient (Wildman–Crippen LogP) is 2.46. The summed E-state index contributed by atoms with van der Waals surface area (Å²) in [6.45, 7) is 1.31. The van der Waals surface area contributed by atoms with Crippen molar-refractivity contribution in [2.75, 3.05) is 0 Å². The van der Waals surface area contributed by atoms with Crippen LogP contribution in [0, 0.1) is 0 Å². The minimum Gasteiger partial charge on any atom is -0.287 e. The van der Waals surface area contributed by atoms with Crippen molar-refractivity contribution in [3.05, 3.63) is 0 Å². The summed E-state index contributed by atoms with van der Waals surface area (Å²) in [5.41, 5.74) is 0. The molecule has 0 aliphatic rings. The Labute approximate surface area is 73.2 Å². The highest BCUT2D eigenvalue weighted by atomic mass is 35.5. The summed E-state index contributed by atoms with van der Waals surface area (Å²) in [6.07, 6.45) is 1.30. The molecule has 0 amide bonds. The van der Waals surface area contributed by atoms with E-state index in [1.54, 1.807) is 0 Å². The van der Waals surface area contributed by atoms with Crippen LogP contribution in [0.25, 0.3) is 0 Å². The molecule has 5 heteroatoms. The van der Waals surface area contributed by atoms with E-state index in [-0.39, 0.29) is 0 Å². The van der Waals surface area contributed by atoms with E-state index in [0.717, 1.165) is 0 Å². The molecule has 9 heavy (non-hydrogen) atoms. The zero-order valence-electron chi connectivity index (χ0n) is 4.42. The van der Waals surface area contributed by atoms with Crippen LogP contribution in [-0.4, -0.2) is 15.0 Å². The second-order valence-electron chi connectivity index (χ2n) is 1.56. The van der Waals surface area contributed by atoms with Crippen LogP contribution in [0.4, 0.5) is 0 Å². The molecule has 0 aliphatic heterocycles. The molecule has 0 N–H and O–H groups in total. The quantitative estimate of drug-likeness (QED) is 0.638. The molecule has 1 nitrogen and oxygen atoms in total. The first-order chi connectivity index (χ1) is 3.81. The van der Waals surface area contributed by atoms with E-state index < -0.39 is 8.67 Å². The molecule has 0 heterocycles. The van der Waals surface area contributed by atoms with E-state index in [1.807, 2.05) is 0 Å². The first kappa shape index (κ1) is 9.83. The summed E-state index contributed by atoms with van der Waals surface area (Å²) >= 11 is 21.3. The Bertz CT molecular complexity index is 114. The highest BCUT2D eigenvalue weighted by Crippen LogP contribution is 2.40. The number of hydrogen-bond donors (Lipinski definition) is 0. The molecule has 0 spiro atoms. The normalized spacial score (nSPS) is 13.4. The van der Waals surface area contributed by atoms with Crippen molar-refractivity contribution in [1.29, 1.82) is 0 Å². The van der Waals surface area contributed by atoms with Crippen LogP contribution in [0.5, 0.6) is 0 Å². The van der Waals surface area contributed by atoms with Gasteiger partial charge in [-0.15, -0.1) is 0 Å². The van der Waals surface area contributed by atoms with Gasteiger partial charge in [0, 0.05) is 0 Å². The molecule has 0 aromatic carbocycles. The minimum atomic E-state index is -1.85. The Morgan fingerprint density at radius 1 is 1.22 bits per heavy atom. The van der Waals surface area contributed by atoms with Crippen molar-refractivity contribution in [3.63, 3.8) is 0 Å². The maximum atomic E-state index is 9.92. The molecule has 0 aromatic heterocycles. The number of rotatable bonds is 2. The zero-order valence-corrected chi connectivity index (χ0v) is 7.44. The maximum absolute atomic E-state index is 9.92. The molecular formula is C4H3Cl4O. The van der Waals surface area contributed by atoms with Gasteiger partial charge in [-0.25, -0.2) is 0 Å². The molecule has 0 saturated heterocycles. The summed E-state index contributed by atoms with van der Waals surface area (Å²) in [6, 6.07) is 0. The largest absolute Gasteiger partial charge is 0.287 e. The van der Waals surface area contributed by atoms with Crippen molar-refractivity contribution in [2.24, 2.45) is 0 Å². The summed E-state index contributed by atoms with van der Waals surface area (Å²) in [4.78, 5) is 9.92. The lowest BCUT2D eigenvalue weighted by Gasteiger charge is -2.21. The molecule has 0 saturated carbocycles. The van der Waals surface area contributed by atoms with Gasteiger partial charge in [-0.05, 0) is 6.92 Å². The summed E-state index contributed by atoms with van der Waals surface area (Å²) in [5.74, 6) is 0. The zero-order chi connectivity index (χ0) is 7.71. The van der Waals surface area contributed by atoms with E-state index in [2.05, 4.69) is 0 Å². The van der Waals surface area contributed by atoms with Gasteiger partial charge in [0.25, 0.3) is 0 Å². The van der Waals surface area contributed by atoms with E-state index in [9.17, 15) is 4.79 Å². The van der Waals surface area contributed by atoms with Crippen molar-refractivity contribution in [1.82, 2.24) is 0 Å². The van der Waals surface area contributed by atoms with E-state index in [0.29, 0.717) is 0 Å². The number of alkyl halides is 4. The van der Waals surface area contributed by atoms with Crippen LogP contribution in [-0.2, 0) is 4.79 Å². The highest BCUT2D eigenvalue weighted by Gasteiger charge is 2.44. The van der Waals surface area contributed by atoms with Crippen molar-refractivity contribution < 1.29 is 4.79 Å². The summed E-state index contributed by atoms with van der Waals surface area (Å²) < 4.78 is -3.35. The minimum absolute atomic E-state index is 1.30. The predicted molar refractivity (Wildman–Crippen MR) is 40.2 cm³/mol. The Balaban J connectivity index is 4.32. The van der Waals surface area contributed by atoms with Crippen LogP contribution >= 0.6 is 46.4 Å². The topological polar surface area (TPSA) is 17.1 Å². The molecule has 0 bridgehead atoms. The first-order valence-electron chi connectivity index (χ1n) is 1.96. The lowest BCUT2D eigenvalue weighted by atomic mass is 10.3. The second kappa shape index (κ2) is 2.83. The number of hydrogen-bond acceptors (Lipinski definition) is 1. The monoisotopic (exact) mass is 207 g/mol. The SMILES string of the molecule is CC(Cl)(Cl)C(Cl)(Cl)[C]=O. The van der Waals surface area contributed by atoms with Gasteiger partial charge in [0.1, 0.15) is 0 Å². The smallest absolute Gasteiger partial charge is 0.240 e. The average Bonchev–Trinajstić information content (AvgIpc) is 1.64. The fraction of sp³-hybridized carbons (Fsp3) is 0.750. The first-order valence-corrected chi connectivity index (χ1v) is 3.47. The number of halogens is 4. The van der Waals surface area contributed by atoms with Crippen molar-refractivity contribution in [3.8, 4) is 0 Å². The van der Waals surface area contributed by atoms with Crippen LogP contribution in [0.1, 0.15) is 6.92 Å². The fourth-order valence-electron chi connectivity index (χ4n) is 0.0896. The van der Waals surface area contributed by atoms with Crippen LogP contribution in [0.2, 0.25) is 0 Å². The van der Waals surface area contributed by atoms with Gasteiger partial charge in [0.05, 0.1) is 0 Å². The molecule has 1 radical (unpaired) electrons. The summed E-state index contributed by atoms with van der Waals surface area (Å²) in [5, 5.41) is 0. The molecule has 0 unspecified atom stereocenters. The van der Waals surface area contributed by atoms with Crippen molar-refractivity contribution in [2.45, 2.75) is 15.6 Å². The molecule has 0 atom stereocenters. The van der Waals surface area contributed by atoms with Gasteiger partial charge < -0.3 is 0 Å². The second-order valence-corrected chi connectivity index (χ2v) is 4.60. The molecule has 0 rings (SSSR count). The van der Waals surface area contributed by atoms with Crippen LogP contribution in [0.3, 0.4) is 0 Å². The van der Waals surface area contributed by atoms with Crippen LogP contribution < -0.4 is 0 Å².